The normalized spacial score (nSPS) is 33.8. The molecule has 13 heavy (non-hydrogen) atoms. The maximum atomic E-state index is 11.4. The Morgan fingerprint density at radius 2 is 1.92 bits per heavy atom. The molecule has 2 unspecified atom stereocenters. The Balaban J connectivity index is 2.10. The quantitative estimate of drug-likeness (QED) is 0.585. The summed E-state index contributed by atoms with van der Waals surface area (Å²) in [5.74, 6) is -0.0967. The Morgan fingerprint density at radius 1 is 1.38 bits per heavy atom. The molecule has 2 atom stereocenters. The fraction of sp³-hybridized carbons (Fsp3) is 0.889. The first-order valence-electron chi connectivity index (χ1n) is 4.83. The molecule has 2 bridgehead atoms. The van der Waals surface area contributed by atoms with Gasteiger partial charge in [-0.15, -0.1) is 0 Å². The number of fused-ring (bicyclic) bond motifs is 2. The summed E-state index contributed by atoms with van der Waals surface area (Å²) in [5, 5.41) is 8.81. The number of carbonyl (C=O) groups excluding carboxylic acids is 1. The highest BCUT2D eigenvalue weighted by Crippen LogP contribution is 2.29. The molecule has 1 amide bonds. The second-order valence-electron chi connectivity index (χ2n) is 4.07. The SMILES string of the molecule is CN1CC2CCC(C1)N2C(=O)CO. The molecule has 4 heteroatoms. The Morgan fingerprint density at radius 3 is 2.38 bits per heavy atom. The van der Waals surface area contributed by atoms with Crippen molar-refractivity contribution in [2.24, 2.45) is 0 Å². The molecule has 0 saturated carbocycles. The zero-order valence-electron chi connectivity index (χ0n) is 7.94. The minimum atomic E-state index is -0.337. The van der Waals surface area contributed by atoms with E-state index in [4.69, 9.17) is 5.11 Å². The van der Waals surface area contributed by atoms with E-state index in [-0.39, 0.29) is 12.5 Å². The van der Waals surface area contributed by atoms with Crippen LogP contribution >= 0.6 is 0 Å². The predicted octanol–water partition coefficient (Wildman–Crippen LogP) is -0.716. The van der Waals surface area contributed by atoms with Crippen LogP contribution in [-0.2, 0) is 4.79 Å². The molecule has 2 saturated heterocycles. The lowest BCUT2D eigenvalue weighted by molar-refractivity contribution is -0.139. The van der Waals surface area contributed by atoms with Crippen molar-refractivity contribution < 1.29 is 9.90 Å². The van der Waals surface area contributed by atoms with Gasteiger partial charge in [-0.25, -0.2) is 0 Å². The van der Waals surface area contributed by atoms with Crippen LogP contribution in [0.4, 0.5) is 0 Å². The van der Waals surface area contributed by atoms with Gasteiger partial charge in [-0.3, -0.25) is 4.79 Å². The number of piperazine rings is 1. The van der Waals surface area contributed by atoms with Crippen molar-refractivity contribution in [2.75, 3.05) is 26.7 Å². The van der Waals surface area contributed by atoms with Crippen LogP contribution < -0.4 is 0 Å². The second kappa shape index (κ2) is 3.27. The Labute approximate surface area is 78.1 Å². The third-order valence-electron chi connectivity index (χ3n) is 3.09. The van der Waals surface area contributed by atoms with E-state index < -0.39 is 0 Å². The van der Waals surface area contributed by atoms with E-state index in [2.05, 4.69) is 11.9 Å². The van der Waals surface area contributed by atoms with Gasteiger partial charge < -0.3 is 14.9 Å². The van der Waals surface area contributed by atoms with Gasteiger partial charge in [0.05, 0.1) is 0 Å². The molecular weight excluding hydrogens is 168 g/mol. The molecule has 0 aromatic carbocycles. The number of nitrogens with zero attached hydrogens (tertiary/aromatic N) is 2. The van der Waals surface area contributed by atoms with Crippen molar-refractivity contribution in [2.45, 2.75) is 24.9 Å². The number of aliphatic hydroxyl groups is 1. The average Bonchev–Trinajstić information content (AvgIpc) is 2.37. The summed E-state index contributed by atoms with van der Waals surface area (Å²) < 4.78 is 0. The van der Waals surface area contributed by atoms with Crippen molar-refractivity contribution >= 4 is 5.91 Å². The molecule has 2 fully saturated rings. The standard InChI is InChI=1S/C9H16N2O2/c1-10-4-7-2-3-8(5-10)11(7)9(13)6-12/h7-8,12H,2-6H2,1H3. The molecule has 2 rings (SSSR count). The molecule has 2 aliphatic rings. The molecule has 4 nitrogen and oxygen atoms in total. The minimum Gasteiger partial charge on any atom is -0.387 e. The van der Waals surface area contributed by atoms with E-state index in [9.17, 15) is 4.79 Å². The molecular formula is C9H16N2O2. The van der Waals surface area contributed by atoms with Crippen molar-refractivity contribution in [3.63, 3.8) is 0 Å². The topological polar surface area (TPSA) is 43.8 Å². The number of carbonyl (C=O) groups is 1. The number of likely N-dealkylation sites (tertiary alicyclic amines) is 1. The van der Waals surface area contributed by atoms with Crippen molar-refractivity contribution in [3.05, 3.63) is 0 Å². The molecule has 2 aliphatic heterocycles. The van der Waals surface area contributed by atoms with Gasteiger partial charge in [0.15, 0.2) is 0 Å². The van der Waals surface area contributed by atoms with Gasteiger partial charge in [0.1, 0.15) is 6.61 Å². The van der Waals surface area contributed by atoms with Gasteiger partial charge in [-0.1, -0.05) is 0 Å². The molecule has 0 spiro atoms. The zero-order valence-corrected chi connectivity index (χ0v) is 7.94. The highest BCUT2D eigenvalue weighted by Gasteiger charge is 2.40. The molecule has 0 aliphatic carbocycles. The van der Waals surface area contributed by atoms with Gasteiger partial charge in [-0.05, 0) is 19.9 Å². The van der Waals surface area contributed by atoms with Crippen LogP contribution in [0.5, 0.6) is 0 Å². The number of amides is 1. The lowest BCUT2D eigenvalue weighted by Crippen LogP contribution is -2.55. The summed E-state index contributed by atoms with van der Waals surface area (Å²) >= 11 is 0. The maximum absolute atomic E-state index is 11.4. The summed E-state index contributed by atoms with van der Waals surface area (Å²) in [7, 11) is 2.09. The third kappa shape index (κ3) is 1.44. The lowest BCUT2D eigenvalue weighted by atomic mass is 10.2. The lowest BCUT2D eigenvalue weighted by Gasteiger charge is -2.39. The largest absolute Gasteiger partial charge is 0.387 e. The second-order valence-corrected chi connectivity index (χ2v) is 4.07. The zero-order chi connectivity index (χ0) is 9.42. The molecule has 2 heterocycles. The van der Waals surface area contributed by atoms with E-state index in [0.717, 1.165) is 25.9 Å². The minimum absolute atomic E-state index is 0.0967. The highest BCUT2D eigenvalue weighted by molar-refractivity contribution is 5.78. The number of hydrogen-bond donors (Lipinski definition) is 1. The first-order chi connectivity index (χ1) is 6.22. The van der Waals surface area contributed by atoms with Crippen LogP contribution in [0, 0.1) is 0 Å². The van der Waals surface area contributed by atoms with Gasteiger partial charge in [0, 0.05) is 25.2 Å². The van der Waals surface area contributed by atoms with Crippen LogP contribution in [0.25, 0.3) is 0 Å². The smallest absolute Gasteiger partial charge is 0.248 e. The number of aliphatic hydroxyl groups excluding tert-OH is 1. The van der Waals surface area contributed by atoms with Crippen molar-refractivity contribution in [3.8, 4) is 0 Å². The number of likely N-dealkylation sites (N-methyl/N-ethyl adjacent to an activating group) is 1. The summed E-state index contributed by atoms with van der Waals surface area (Å²) in [6.45, 7) is 1.58. The van der Waals surface area contributed by atoms with Crippen LogP contribution in [0.1, 0.15) is 12.8 Å². The Bertz CT molecular complexity index is 206. The van der Waals surface area contributed by atoms with Gasteiger partial charge in [0.25, 0.3) is 0 Å². The molecule has 0 aromatic rings. The summed E-state index contributed by atoms with van der Waals surface area (Å²) in [6.07, 6.45) is 2.20. The number of hydrogen-bond acceptors (Lipinski definition) is 3. The average molecular weight is 184 g/mol. The Kier molecular flexibility index (Phi) is 2.26. The van der Waals surface area contributed by atoms with Crippen LogP contribution in [0.15, 0.2) is 0 Å². The van der Waals surface area contributed by atoms with E-state index in [1.807, 2.05) is 4.90 Å². The molecule has 0 aromatic heterocycles. The highest BCUT2D eigenvalue weighted by atomic mass is 16.3. The first-order valence-corrected chi connectivity index (χ1v) is 4.83. The van der Waals surface area contributed by atoms with Crippen LogP contribution in [-0.4, -0.2) is 59.6 Å². The van der Waals surface area contributed by atoms with E-state index >= 15 is 0 Å². The predicted molar refractivity (Wildman–Crippen MR) is 48.2 cm³/mol. The van der Waals surface area contributed by atoms with Crippen LogP contribution in [0.2, 0.25) is 0 Å². The maximum Gasteiger partial charge on any atom is 0.248 e. The molecule has 0 radical (unpaired) electrons. The fourth-order valence-corrected chi connectivity index (χ4v) is 2.60. The molecule has 1 N–H and O–H groups in total. The van der Waals surface area contributed by atoms with Gasteiger partial charge >= 0.3 is 0 Å². The molecule has 74 valence electrons. The monoisotopic (exact) mass is 184 g/mol. The van der Waals surface area contributed by atoms with E-state index in [1.54, 1.807) is 0 Å². The van der Waals surface area contributed by atoms with E-state index in [0.29, 0.717) is 12.1 Å². The summed E-state index contributed by atoms with van der Waals surface area (Å²) in [4.78, 5) is 15.5. The summed E-state index contributed by atoms with van der Waals surface area (Å²) in [6, 6.07) is 0.701. The fourth-order valence-electron chi connectivity index (χ4n) is 2.60. The Hall–Kier alpha value is -0.610. The van der Waals surface area contributed by atoms with Crippen LogP contribution in [0.3, 0.4) is 0 Å². The number of rotatable bonds is 1. The van der Waals surface area contributed by atoms with Crippen molar-refractivity contribution in [1.82, 2.24) is 9.80 Å². The first kappa shape index (κ1) is 8.97. The van der Waals surface area contributed by atoms with Gasteiger partial charge in [-0.2, -0.15) is 0 Å². The summed E-state index contributed by atoms with van der Waals surface area (Å²) in [5.41, 5.74) is 0. The van der Waals surface area contributed by atoms with Crippen molar-refractivity contribution in [1.29, 1.82) is 0 Å². The van der Waals surface area contributed by atoms with E-state index in [1.165, 1.54) is 0 Å². The van der Waals surface area contributed by atoms with Gasteiger partial charge in [0.2, 0.25) is 5.91 Å². The third-order valence-corrected chi connectivity index (χ3v) is 3.09.